The summed E-state index contributed by atoms with van der Waals surface area (Å²) < 4.78 is 11.4. The van der Waals surface area contributed by atoms with Crippen LogP contribution in [-0.4, -0.2) is 19.5 Å². The van der Waals surface area contributed by atoms with E-state index in [0.29, 0.717) is 17.5 Å². The Labute approximate surface area is 437 Å². The standard InChI is InChI=1S/C67H40N4OS.C2H6/c1-2-15-42(16-3-1)65-68-66(70-67(69-65)49-31-33-54-53-24-6-8-28-59(53)72-60(54)39-49)48-21-11-18-44(37-48)45-19-12-22-50(38-45)71-58-35-32-41-14-4-5-23-51(41)63(58)57-27-13-26-52(64(57)71)47-20-10-17-43(36-47)46-30-34-56-55-25-7-9-29-61(55)73-62(56)40-46;1-2/h1-40H;1-2H3. The SMILES string of the molecule is CC.c1ccc(-c2nc(-c3cccc(-c4cccc(-n5c6ccc7ccccc7c6c6cccc(-c7cccc(-c8ccc9c(c8)sc8ccccc89)c7)c65)c4)c3)nc(-c3ccc4c(c3)oc3ccccc34)n2)cc1. The second kappa shape index (κ2) is 18.2. The van der Waals surface area contributed by atoms with Crippen molar-refractivity contribution in [2.75, 3.05) is 0 Å². The predicted octanol–water partition coefficient (Wildman–Crippen LogP) is 19.4. The maximum Gasteiger partial charge on any atom is 0.164 e. The summed E-state index contributed by atoms with van der Waals surface area (Å²) in [5, 5.41) is 9.68. The van der Waals surface area contributed by atoms with Gasteiger partial charge in [-0.2, -0.15) is 0 Å². The second-order valence-electron chi connectivity index (χ2n) is 18.7. The summed E-state index contributed by atoms with van der Waals surface area (Å²) in [6, 6.07) is 86.7. The smallest absolute Gasteiger partial charge is 0.164 e. The van der Waals surface area contributed by atoms with E-state index in [9.17, 15) is 0 Å². The average molecular weight is 979 g/mol. The van der Waals surface area contributed by atoms with Gasteiger partial charge in [-0.1, -0.05) is 196 Å². The molecular weight excluding hydrogens is 933 g/mol. The number of hydrogen-bond donors (Lipinski definition) is 0. The van der Waals surface area contributed by atoms with E-state index in [1.54, 1.807) is 0 Å². The Morgan fingerprint density at radius 1 is 0.347 bits per heavy atom. The van der Waals surface area contributed by atoms with Crippen molar-refractivity contribution in [1.82, 2.24) is 19.5 Å². The Kier molecular flexibility index (Phi) is 10.7. The Balaban J connectivity index is 0.00000255. The minimum absolute atomic E-state index is 0.580. The van der Waals surface area contributed by atoms with Crippen molar-refractivity contribution < 1.29 is 4.42 Å². The summed E-state index contributed by atoms with van der Waals surface area (Å²) in [5.74, 6) is 1.78. The van der Waals surface area contributed by atoms with Crippen LogP contribution in [0.15, 0.2) is 247 Å². The lowest BCUT2D eigenvalue weighted by molar-refractivity contribution is 0.669. The zero-order chi connectivity index (χ0) is 50.0. The minimum atomic E-state index is 0.580. The number of para-hydroxylation sites is 2. The first kappa shape index (κ1) is 44.2. The van der Waals surface area contributed by atoms with E-state index in [-0.39, 0.29) is 0 Å². The Morgan fingerprint density at radius 3 is 1.72 bits per heavy atom. The van der Waals surface area contributed by atoms with Gasteiger partial charge in [0.25, 0.3) is 0 Å². The lowest BCUT2D eigenvalue weighted by Crippen LogP contribution is -2.00. The van der Waals surface area contributed by atoms with Crippen molar-refractivity contribution >= 4 is 86.0 Å². The Bertz CT molecular complexity index is 4700. The number of fused-ring (bicyclic) bond motifs is 11. The molecule has 0 fully saturated rings. The lowest BCUT2D eigenvalue weighted by Gasteiger charge is -2.14. The molecule has 0 N–H and O–H groups in total. The molecule has 0 saturated carbocycles. The van der Waals surface area contributed by atoms with Gasteiger partial charge in [-0.25, -0.2) is 15.0 Å². The summed E-state index contributed by atoms with van der Waals surface area (Å²) in [5.41, 5.74) is 14.6. The highest BCUT2D eigenvalue weighted by Gasteiger charge is 2.21. The zero-order valence-electron chi connectivity index (χ0n) is 41.2. The molecule has 0 saturated heterocycles. The number of hydrogen-bond acceptors (Lipinski definition) is 5. The van der Waals surface area contributed by atoms with Crippen LogP contribution in [0, 0.1) is 0 Å². The van der Waals surface area contributed by atoms with Gasteiger partial charge in [-0.05, 0) is 99.3 Å². The molecule has 0 aliphatic rings. The molecule has 11 aromatic carbocycles. The lowest BCUT2D eigenvalue weighted by atomic mass is 9.96. The molecule has 5 nitrogen and oxygen atoms in total. The molecule has 0 radical (unpaired) electrons. The summed E-state index contributed by atoms with van der Waals surface area (Å²) >= 11 is 1.86. The first-order valence-electron chi connectivity index (χ1n) is 25.6. The van der Waals surface area contributed by atoms with Gasteiger partial charge in [-0.15, -0.1) is 11.3 Å². The third kappa shape index (κ3) is 7.57. The van der Waals surface area contributed by atoms with Crippen LogP contribution >= 0.6 is 11.3 Å². The molecule has 354 valence electrons. The molecule has 0 spiro atoms. The van der Waals surface area contributed by atoms with Crippen LogP contribution in [0.4, 0.5) is 0 Å². The van der Waals surface area contributed by atoms with Gasteiger partial charge in [0.2, 0.25) is 0 Å². The van der Waals surface area contributed by atoms with Gasteiger partial charge in [0.05, 0.1) is 11.0 Å². The fourth-order valence-corrected chi connectivity index (χ4v) is 12.1. The van der Waals surface area contributed by atoms with Crippen molar-refractivity contribution in [3.05, 3.63) is 243 Å². The molecule has 75 heavy (non-hydrogen) atoms. The van der Waals surface area contributed by atoms with Crippen LogP contribution in [0.5, 0.6) is 0 Å². The molecule has 6 heteroatoms. The van der Waals surface area contributed by atoms with E-state index in [4.69, 9.17) is 19.4 Å². The van der Waals surface area contributed by atoms with E-state index in [1.807, 2.05) is 79.8 Å². The topological polar surface area (TPSA) is 56.7 Å². The van der Waals surface area contributed by atoms with E-state index >= 15 is 0 Å². The van der Waals surface area contributed by atoms with Gasteiger partial charge in [0.15, 0.2) is 17.5 Å². The molecule has 0 aliphatic heterocycles. The van der Waals surface area contributed by atoms with Crippen LogP contribution < -0.4 is 0 Å². The molecule has 15 aromatic rings. The predicted molar refractivity (Wildman–Crippen MR) is 316 cm³/mol. The molecule has 4 aromatic heterocycles. The highest BCUT2D eigenvalue weighted by atomic mass is 32.1. The Morgan fingerprint density at radius 2 is 0.893 bits per heavy atom. The van der Waals surface area contributed by atoms with Crippen LogP contribution in [0.3, 0.4) is 0 Å². The van der Waals surface area contributed by atoms with Gasteiger partial charge in [-0.3, -0.25) is 0 Å². The highest BCUT2D eigenvalue weighted by molar-refractivity contribution is 7.25. The van der Waals surface area contributed by atoms with E-state index < -0.39 is 0 Å². The van der Waals surface area contributed by atoms with Crippen molar-refractivity contribution in [3.63, 3.8) is 0 Å². The zero-order valence-corrected chi connectivity index (χ0v) is 42.0. The molecule has 0 atom stereocenters. The van der Waals surface area contributed by atoms with E-state index in [1.165, 1.54) is 69.5 Å². The number of thiophene rings is 1. The van der Waals surface area contributed by atoms with Gasteiger partial charge in [0, 0.05) is 69.7 Å². The first-order valence-corrected chi connectivity index (χ1v) is 26.4. The Hall–Kier alpha value is -9.49. The van der Waals surface area contributed by atoms with Crippen LogP contribution in [0.25, 0.3) is 148 Å². The van der Waals surface area contributed by atoms with E-state index in [0.717, 1.165) is 61.0 Å². The van der Waals surface area contributed by atoms with Crippen LogP contribution in [-0.2, 0) is 0 Å². The third-order valence-electron chi connectivity index (χ3n) is 14.4. The number of rotatable bonds is 7. The average Bonchev–Trinajstić information content (AvgIpc) is 4.22. The van der Waals surface area contributed by atoms with Gasteiger partial charge < -0.3 is 8.98 Å². The first-order chi connectivity index (χ1) is 37.1. The third-order valence-corrected chi connectivity index (χ3v) is 15.6. The summed E-state index contributed by atoms with van der Waals surface area (Å²) in [6.45, 7) is 4.00. The molecule has 0 amide bonds. The quantitative estimate of drug-likeness (QED) is 0.160. The summed E-state index contributed by atoms with van der Waals surface area (Å²) in [6.07, 6.45) is 0. The maximum absolute atomic E-state index is 6.31. The monoisotopic (exact) mass is 978 g/mol. The van der Waals surface area contributed by atoms with Crippen LogP contribution in [0.1, 0.15) is 13.8 Å². The molecule has 0 aliphatic carbocycles. The number of nitrogens with zero attached hydrogens (tertiary/aromatic N) is 4. The largest absolute Gasteiger partial charge is 0.456 e. The minimum Gasteiger partial charge on any atom is -0.456 e. The second-order valence-corrected chi connectivity index (χ2v) is 19.8. The normalized spacial score (nSPS) is 11.6. The highest BCUT2D eigenvalue weighted by Crippen LogP contribution is 2.43. The molecule has 15 rings (SSSR count). The van der Waals surface area contributed by atoms with Crippen molar-refractivity contribution in [3.8, 4) is 73.2 Å². The fraction of sp³-hybridized carbons (Fsp3) is 0.0290. The fourth-order valence-electron chi connectivity index (χ4n) is 11.0. The van der Waals surface area contributed by atoms with Crippen molar-refractivity contribution in [2.45, 2.75) is 13.8 Å². The molecule has 0 unspecified atom stereocenters. The molecule has 0 bridgehead atoms. The van der Waals surface area contributed by atoms with Gasteiger partial charge >= 0.3 is 0 Å². The number of furan rings is 1. The molecule has 4 heterocycles. The number of benzene rings is 11. The summed E-state index contributed by atoms with van der Waals surface area (Å²) in [4.78, 5) is 15.3. The van der Waals surface area contributed by atoms with Crippen molar-refractivity contribution in [1.29, 1.82) is 0 Å². The van der Waals surface area contributed by atoms with E-state index in [2.05, 4.69) is 193 Å². The van der Waals surface area contributed by atoms with Gasteiger partial charge in [0.1, 0.15) is 11.2 Å². The van der Waals surface area contributed by atoms with Crippen LogP contribution in [0.2, 0.25) is 0 Å². The number of aromatic nitrogens is 4. The maximum atomic E-state index is 6.31. The summed E-state index contributed by atoms with van der Waals surface area (Å²) in [7, 11) is 0. The molecular formula is C69H46N4OS. The van der Waals surface area contributed by atoms with Crippen molar-refractivity contribution in [2.24, 2.45) is 0 Å².